The van der Waals surface area contributed by atoms with Crippen molar-refractivity contribution in [2.24, 2.45) is 5.92 Å². The summed E-state index contributed by atoms with van der Waals surface area (Å²) in [6.45, 7) is 6.68. The molecule has 4 aliphatic rings. The third-order valence-electron chi connectivity index (χ3n) is 9.15. The van der Waals surface area contributed by atoms with Crippen molar-refractivity contribution < 1.29 is 19.4 Å². The van der Waals surface area contributed by atoms with E-state index in [1.165, 1.54) is 11.1 Å². The number of likely N-dealkylation sites (tertiary alicyclic amines) is 1. The molecule has 0 aliphatic carbocycles. The number of carbonyl (C=O) groups excluding carboxylic acids is 1. The second-order valence-electron chi connectivity index (χ2n) is 11.9. The molecule has 4 heterocycles. The van der Waals surface area contributed by atoms with Crippen molar-refractivity contribution in [2.45, 2.75) is 82.5 Å². The third kappa shape index (κ3) is 7.71. The zero-order valence-corrected chi connectivity index (χ0v) is 24.1. The Balaban J connectivity index is 1.06. The van der Waals surface area contributed by atoms with Crippen LogP contribution in [-0.4, -0.2) is 90.1 Å². The summed E-state index contributed by atoms with van der Waals surface area (Å²) in [5.41, 5.74) is 2.66. The number of piperidine rings is 4. The quantitative estimate of drug-likeness (QED) is 0.295. The molecule has 2 bridgehead atoms. The molecule has 6 rings (SSSR count). The number of aliphatic hydroxyl groups excluding tert-OH is 1. The van der Waals surface area contributed by atoms with Gasteiger partial charge in [0.1, 0.15) is 6.10 Å². The van der Waals surface area contributed by atoms with E-state index in [1.54, 1.807) is 0 Å². The van der Waals surface area contributed by atoms with Gasteiger partial charge in [-0.2, -0.15) is 0 Å². The van der Waals surface area contributed by atoms with E-state index in [0.29, 0.717) is 12.5 Å². The number of carbonyl (C=O) groups is 1. The van der Waals surface area contributed by atoms with Gasteiger partial charge in [-0.3, -0.25) is 14.6 Å². The maximum atomic E-state index is 12.5. The van der Waals surface area contributed by atoms with Crippen molar-refractivity contribution in [3.05, 3.63) is 71.8 Å². The molecule has 0 saturated carbocycles. The molecule has 4 aliphatic heterocycles. The Bertz CT molecular complexity index is 987. The predicted molar refractivity (Wildman–Crippen MR) is 156 cm³/mol. The van der Waals surface area contributed by atoms with Crippen molar-refractivity contribution in [1.29, 1.82) is 0 Å². The van der Waals surface area contributed by atoms with Gasteiger partial charge in [0.15, 0.2) is 6.23 Å². The largest absolute Gasteiger partial charge is 0.443 e. The SMILES string of the molecule is CO[C@H]1CN(CCCCCC(=O)O[C@@H]2[C@H](O)C3CCN2CC3)CC[C@H]1N(Cc1ccccc1)Cc1ccccc1. The number of hydrogen-bond donors (Lipinski definition) is 1. The fourth-order valence-electron chi connectivity index (χ4n) is 6.83. The molecule has 4 fully saturated rings. The molecule has 1 N–H and O–H groups in total. The first-order chi connectivity index (χ1) is 19.6. The average molecular weight is 550 g/mol. The Kier molecular flexibility index (Phi) is 10.6. The molecule has 4 saturated heterocycles. The summed E-state index contributed by atoms with van der Waals surface area (Å²) in [5.74, 6) is 0.111. The Morgan fingerprint density at radius 1 is 0.900 bits per heavy atom. The summed E-state index contributed by atoms with van der Waals surface area (Å²) in [5, 5.41) is 10.5. The first kappa shape index (κ1) is 29.2. The highest BCUT2D eigenvalue weighted by Crippen LogP contribution is 2.33. The molecule has 2 aromatic rings. The van der Waals surface area contributed by atoms with Gasteiger partial charge in [0.05, 0.1) is 6.10 Å². The van der Waals surface area contributed by atoms with Crippen LogP contribution in [0.5, 0.6) is 0 Å². The minimum absolute atomic E-state index is 0.156. The Morgan fingerprint density at radius 2 is 1.55 bits per heavy atom. The van der Waals surface area contributed by atoms with E-state index >= 15 is 0 Å². The average Bonchev–Trinajstić information content (AvgIpc) is 2.99. The summed E-state index contributed by atoms with van der Waals surface area (Å²) in [6, 6.07) is 21.8. The number of rotatable bonds is 13. The number of unbranched alkanes of at least 4 members (excludes halogenated alkanes) is 2. The van der Waals surface area contributed by atoms with Crippen LogP contribution in [0.25, 0.3) is 0 Å². The summed E-state index contributed by atoms with van der Waals surface area (Å²) >= 11 is 0. The van der Waals surface area contributed by atoms with Gasteiger partial charge in [0.2, 0.25) is 0 Å². The minimum Gasteiger partial charge on any atom is -0.443 e. The summed E-state index contributed by atoms with van der Waals surface area (Å²) in [4.78, 5) is 19.7. The molecule has 0 radical (unpaired) electrons. The molecule has 7 nitrogen and oxygen atoms in total. The topological polar surface area (TPSA) is 65.5 Å². The lowest BCUT2D eigenvalue weighted by atomic mass is 9.84. The maximum Gasteiger partial charge on any atom is 0.307 e. The van der Waals surface area contributed by atoms with Crippen LogP contribution in [0.4, 0.5) is 0 Å². The number of aliphatic hydroxyl groups is 1. The number of methoxy groups -OCH3 is 1. The van der Waals surface area contributed by atoms with Gasteiger partial charge in [-0.15, -0.1) is 0 Å². The standard InChI is InChI=1S/C33H47N3O4/c1-39-30-25-34(19-10-4-9-15-31(37)40-33-32(38)28-16-21-35(33)22-17-28)20-18-29(30)36(23-26-11-5-2-6-12-26)24-27-13-7-3-8-14-27/h2-3,5-8,11-14,28-30,32-33,38H,4,9-10,15-25H2,1H3/t29-,30+,32-,33-/m1/s1. The first-order valence-electron chi connectivity index (χ1n) is 15.3. The number of hydrogen-bond acceptors (Lipinski definition) is 7. The monoisotopic (exact) mass is 549 g/mol. The number of benzene rings is 2. The lowest BCUT2D eigenvalue weighted by Crippen LogP contribution is -2.59. The highest BCUT2D eigenvalue weighted by molar-refractivity contribution is 5.69. The number of nitrogens with zero attached hydrogens (tertiary/aromatic N) is 3. The van der Waals surface area contributed by atoms with E-state index < -0.39 is 12.3 Å². The molecule has 0 unspecified atom stereocenters. The lowest BCUT2D eigenvalue weighted by Gasteiger charge is -2.47. The van der Waals surface area contributed by atoms with Gasteiger partial charge < -0.3 is 19.5 Å². The van der Waals surface area contributed by atoms with E-state index in [1.807, 2.05) is 7.11 Å². The highest BCUT2D eigenvalue weighted by Gasteiger charge is 2.43. The molecule has 0 spiro atoms. The number of fused-ring (bicyclic) bond motifs is 3. The van der Waals surface area contributed by atoms with Gasteiger partial charge in [-0.1, -0.05) is 67.1 Å². The van der Waals surface area contributed by atoms with Crippen LogP contribution in [0.1, 0.15) is 56.1 Å². The lowest BCUT2D eigenvalue weighted by molar-refractivity contribution is -0.200. The van der Waals surface area contributed by atoms with Crippen LogP contribution in [0.15, 0.2) is 60.7 Å². The van der Waals surface area contributed by atoms with Crippen LogP contribution in [0.2, 0.25) is 0 Å². The van der Waals surface area contributed by atoms with Crippen molar-refractivity contribution >= 4 is 5.97 Å². The molecule has 40 heavy (non-hydrogen) atoms. The molecule has 2 aromatic carbocycles. The van der Waals surface area contributed by atoms with Crippen LogP contribution in [0, 0.1) is 5.92 Å². The van der Waals surface area contributed by atoms with E-state index in [4.69, 9.17) is 9.47 Å². The van der Waals surface area contributed by atoms with Gasteiger partial charge in [0, 0.05) is 52.3 Å². The minimum atomic E-state index is -0.528. The highest BCUT2D eigenvalue weighted by atomic mass is 16.6. The van der Waals surface area contributed by atoms with Gasteiger partial charge in [-0.05, 0) is 62.2 Å². The Hall–Kier alpha value is -2.29. The Labute approximate surface area is 240 Å². The van der Waals surface area contributed by atoms with Crippen molar-refractivity contribution in [1.82, 2.24) is 14.7 Å². The predicted octanol–water partition coefficient (Wildman–Crippen LogP) is 4.29. The van der Waals surface area contributed by atoms with Crippen molar-refractivity contribution in [3.8, 4) is 0 Å². The van der Waals surface area contributed by atoms with Crippen LogP contribution < -0.4 is 0 Å². The number of ether oxygens (including phenoxy) is 2. The summed E-state index contributed by atoms with van der Waals surface area (Å²) < 4.78 is 11.8. The molecule has 7 heteroatoms. The molecule has 218 valence electrons. The second-order valence-corrected chi connectivity index (χ2v) is 11.9. The smallest absolute Gasteiger partial charge is 0.307 e. The van der Waals surface area contributed by atoms with Gasteiger partial charge in [0.25, 0.3) is 0 Å². The van der Waals surface area contributed by atoms with E-state index in [0.717, 1.165) is 84.3 Å². The van der Waals surface area contributed by atoms with Crippen molar-refractivity contribution in [3.63, 3.8) is 0 Å². The molecular weight excluding hydrogens is 502 g/mol. The van der Waals surface area contributed by atoms with Gasteiger partial charge in [-0.25, -0.2) is 0 Å². The molecule has 0 amide bonds. The van der Waals surface area contributed by atoms with Crippen LogP contribution in [-0.2, 0) is 27.4 Å². The molecule has 0 aromatic heterocycles. The van der Waals surface area contributed by atoms with Crippen LogP contribution in [0.3, 0.4) is 0 Å². The van der Waals surface area contributed by atoms with Crippen molar-refractivity contribution in [2.75, 3.05) is 39.8 Å². The van der Waals surface area contributed by atoms with Gasteiger partial charge >= 0.3 is 5.97 Å². The Morgan fingerprint density at radius 3 is 2.15 bits per heavy atom. The number of esters is 1. The summed E-state index contributed by atoms with van der Waals surface area (Å²) in [6.07, 6.45) is 5.61. The summed E-state index contributed by atoms with van der Waals surface area (Å²) in [7, 11) is 1.85. The first-order valence-corrected chi connectivity index (χ1v) is 15.3. The fourth-order valence-corrected chi connectivity index (χ4v) is 6.83. The fraction of sp³-hybridized carbons (Fsp3) is 0.606. The normalized spacial score (nSPS) is 28.6. The molecular formula is C33H47N3O4. The van der Waals surface area contributed by atoms with E-state index in [9.17, 15) is 9.90 Å². The molecule has 4 atom stereocenters. The zero-order chi connectivity index (χ0) is 27.7. The van der Waals surface area contributed by atoms with Crippen LogP contribution >= 0.6 is 0 Å². The maximum absolute atomic E-state index is 12.5. The second kappa shape index (κ2) is 14.6. The van der Waals surface area contributed by atoms with E-state index in [2.05, 4.69) is 75.4 Å². The third-order valence-corrected chi connectivity index (χ3v) is 9.15. The zero-order valence-electron chi connectivity index (χ0n) is 24.1. The van der Waals surface area contributed by atoms with E-state index in [-0.39, 0.29) is 18.0 Å².